The summed E-state index contributed by atoms with van der Waals surface area (Å²) in [6.45, 7) is 4.55. The molecular formula is C17H25NO3. The Hall–Kier alpha value is -1.84. The second-order valence-electron chi connectivity index (χ2n) is 5.20. The minimum atomic E-state index is -0.391. The molecule has 1 unspecified atom stereocenters. The van der Waals surface area contributed by atoms with Crippen LogP contribution in [0.3, 0.4) is 0 Å². The van der Waals surface area contributed by atoms with Crippen LogP contribution in [0.2, 0.25) is 0 Å². The number of benzene rings is 1. The number of nitrogens with one attached hydrogen (secondary N) is 1. The van der Waals surface area contributed by atoms with Gasteiger partial charge in [0, 0.05) is 12.5 Å². The Labute approximate surface area is 126 Å². The number of alkyl carbamates (subject to hydrolysis) is 1. The van der Waals surface area contributed by atoms with E-state index in [-0.39, 0.29) is 18.3 Å². The van der Waals surface area contributed by atoms with Crippen molar-refractivity contribution in [3.05, 3.63) is 35.9 Å². The zero-order valence-corrected chi connectivity index (χ0v) is 12.9. The minimum Gasteiger partial charge on any atom is -0.445 e. The number of hydrogen-bond donors (Lipinski definition) is 1. The van der Waals surface area contributed by atoms with Gasteiger partial charge in [0.2, 0.25) is 0 Å². The number of carbonyl (C=O) groups is 2. The van der Waals surface area contributed by atoms with E-state index in [0.29, 0.717) is 6.54 Å². The quantitative estimate of drug-likeness (QED) is 0.706. The predicted octanol–water partition coefficient (Wildman–Crippen LogP) is 3.70. The predicted molar refractivity (Wildman–Crippen MR) is 82.9 cm³/mol. The molecule has 1 amide bonds. The molecule has 0 spiro atoms. The van der Waals surface area contributed by atoms with Crippen LogP contribution < -0.4 is 5.32 Å². The van der Waals surface area contributed by atoms with Gasteiger partial charge in [-0.3, -0.25) is 4.79 Å². The maximum atomic E-state index is 11.5. The van der Waals surface area contributed by atoms with Gasteiger partial charge in [0.1, 0.15) is 12.4 Å². The van der Waals surface area contributed by atoms with Crippen LogP contribution in [-0.4, -0.2) is 18.4 Å². The van der Waals surface area contributed by atoms with E-state index in [2.05, 4.69) is 5.32 Å². The lowest BCUT2D eigenvalue weighted by molar-refractivity contribution is -0.121. The molecule has 1 aromatic carbocycles. The summed E-state index contributed by atoms with van der Waals surface area (Å²) in [7, 11) is 0. The van der Waals surface area contributed by atoms with Crippen molar-refractivity contribution in [1.82, 2.24) is 5.32 Å². The summed E-state index contributed by atoms with van der Waals surface area (Å²) < 4.78 is 5.11. The van der Waals surface area contributed by atoms with Crippen molar-refractivity contribution >= 4 is 11.9 Å². The average molecular weight is 291 g/mol. The molecule has 0 heterocycles. The SMILES string of the molecule is CCC(CCCCNC(=O)OCc1ccccc1)C(C)=O. The van der Waals surface area contributed by atoms with Crippen LogP contribution in [0, 0.1) is 5.92 Å². The highest BCUT2D eigenvalue weighted by Crippen LogP contribution is 2.13. The van der Waals surface area contributed by atoms with E-state index >= 15 is 0 Å². The van der Waals surface area contributed by atoms with Crippen molar-refractivity contribution in [1.29, 1.82) is 0 Å². The Morgan fingerprint density at radius 2 is 1.90 bits per heavy atom. The summed E-state index contributed by atoms with van der Waals surface area (Å²) in [6, 6.07) is 9.58. The van der Waals surface area contributed by atoms with E-state index in [0.717, 1.165) is 31.2 Å². The summed E-state index contributed by atoms with van der Waals surface area (Å²) in [5, 5.41) is 2.73. The molecule has 1 N–H and O–H groups in total. The molecule has 0 aliphatic heterocycles. The molecule has 0 bridgehead atoms. The molecule has 0 aliphatic carbocycles. The zero-order valence-electron chi connectivity index (χ0n) is 12.9. The monoisotopic (exact) mass is 291 g/mol. The number of rotatable bonds is 9. The molecule has 0 saturated heterocycles. The summed E-state index contributed by atoms with van der Waals surface area (Å²) in [4.78, 5) is 22.8. The average Bonchev–Trinajstić information content (AvgIpc) is 2.49. The van der Waals surface area contributed by atoms with E-state index in [1.54, 1.807) is 6.92 Å². The van der Waals surface area contributed by atoms with Gasteiger partial charge < -0.3 is 10.1 Å². The first-order chi connectivity index (χ1) is 10.1. The van der Waals surface area contributed by atoms with E-state index in [4.69, 9.17) is 4.74 Å². The largest absolute Gasteiger partial charge is 0.445 e. The molecule has 1 aromatic rings. The fourth-order valence-electron chi connectivity index (χ4n) is 2.18. The van der Waals surface area contributed by atoms with Gasteiger partial charge in [-0.2, -0.15) is 0 Å². The molecule has 0 radical (unpaired) electrons. The Morgan fingerprint density at radius 1 is 1.19 bits per heavy atom. The third-order valence-electron chi connectivity index (χ3n) is 3.53. The first-order valence-electron chi connectivity index (χ1n) is 7.58. The summed E-state index contributed by atoms with van der Waals surface area (Å²) in [5.74, 6) is 0.419. The van der Waals surface area contributed by atoms with Gasteiger partial charge in [0.15, 0.2) is 0 Å². The number of ether oxygens (including phenoxy) is 1. The molecule has 0 saturated carbocycles. The highest BCUT2D eigenvalue weighted by Gasteiger charge is 2.10. The fraction of sp³-hybridized carbons (Fsp3) is 0.529. The van der Waals surface area contributed by atoms with E-state index in [1.165, 1.54) is 0 Å². The van der Waals surface area contributed by atoms with Crippen molar-refractivity contribution in [2.24, 2.45) is 5.92 Å². The molecule has 0 aliphatic rings. The number of ketones is 1. The Balaban J connectivity index is 2.07. The van der Waals surface area contributed by atoms with Crippen LogP contribution in [-0.2, 0) is 16.1 Å². The first-order valence-corrected chi connectivity index (χ1v) is 7.58. The van der Waals surface area contributed by atoms with Gasteiger partial charge in [0.25, 0.3) is 0 Å². The summed E-state index contributed by atoms with van der Waals surface area (Å²) in [5.41, 5.74) is 0.972. The first kappa shape index (κ1) is 17.2. The molecular weight excluding hydrogens is 266 g/mol. The molecule has 4 nitrogen and oxygen atoms in total. The van der Waals surface area contributed by atoms with E-state index < -0.39 is 6.09 Å². The Kier molecular flexibility index (Phi) is 8.17. The standard InChI is InChI=1S/C17H25NO3/c1-3-16(14(2)19)11-7-8-12-18-17(20)21-13-15-9-5-4-6-10-15/h4-6,9-10,16H,3,7-8,11-13H2,1-2H3,(H,18,20). The molecule has 21 heavy (non-hydrogen) atoms. The molecule has 0 fully saturated rings. The number of amides is 1. The van der Waals surface area contributed by atoms with Crippen molar-refractivity contribution in [2.45, 2.75) is 46.1 Å². The Bertz CT molecular complexity index is 431. The Morgan fingerprint density at radius 3 is 2.52 bits per heavy atom. The van der Waals surface area contributed by atoms with Gasteiger partial charge in [-0.05, 0) is 31.7 Å². The molecule has 0 aromatic heterocycles. The van der Waals surface area contributed by atoms with E-state index in [1.807, 2.05) is 37.3 Å². The smallest absolute Gasteiger partial charge is 0.407 e. The lowest BCUT2D eigenvalue weighted by atomic mass is 9.96. The lowest BCUT2D eigenvalue weighted by Gasteiger charge is -2.11. The molecule has 1 atom stereocenters. The summed E-state index contributed by atoms with van der Waals surface area (Å²) in [6.07, 6.45) is 3.20. The second-order valence-corrected chi connectivity index (χ2v) is 5.20. The third kappa shape index (κ3) is 7.49. The van der Waals surface area contributed by atoms with Crippen LogP contribution >= 0.6 is 0 Å². The lowest BCUT2D eigenvalue weighted by Crippen LogP contribution is -2.25. The normalized spacial score (nSPS) is 11.7. The van der Waals surface area contributed by atoms with Gasteiger partial charge in [-0.15, -0.1) is 0 Å². The molecule has 4 heteroatoms. The highest BCUT2D eigenvalue weighted by molar-refractivity contribution is 5.78. The maximum absolute atomic E-state index is 11.5. The van der Waals surface area contributed by atoms with Gasteiger partial charge in [-0.25, -0.2) is 4.79 Å². The van der Waals surface area contributed by atoms with Gasteiger partial charge in [-0.1, -0.05) is 43.7 Å². The van der Waals surface area contributed by atoms with E-state index in [9.17, 15) is 9.59 Å². The van der Waals surface area contributed by atoms with Crippen LogP contribution in [0.15, 0.2) is 30.3 Å². The second kappa shape index (κ2) is 9.97. The number of unbranched alkanes of at least 4 members (excludes halogenated alkanes) is 1. The number of Topliss-reactive ketones (excluding diaryl/α,β-unsaturated/α-hetero) is 1. The van der Waals surface area contributed by atoms with Gasteiger partial charge >= 0.3 is 6.09 Å². The third-order valence-corrected chi connectivity index (χ3v) is 3.53. The van der Waals surface area contributed by atoms with Crippen molar-refractivity contribution in [3.8, 4) is 0 Å². The minimum absolute atomic E-state index is 0.162. The number of hydrogen-bond acceptors (Lipinski definition) is 3. The van der Waals surface area contributed by atoms with Crippen molar-refractivity contribution in [2.75, 3.05) is 6.54 Å². The van der Waals surface area contributed by atoms with Crippen LogP contribution in [0.1, 0.15) is 45.1 Å². The topological polar surface area (TPSA) is 55.4 Å². The molecule has 116 valence electrons. The van der Waals surface area contributed by atoms with Crippen LogP contribution in [0.5, 0.6) is 0 Å². The zero-order chi connectivity index (χ0) is 15.5. The van der Waals surface area contributed by atoms with Crippen LogP contribution in [0.4, 0.5) is 4.79 Å². The molecule has 1 rings (SSSR count). The number of carbonyl (C=O) groups excluding carboxylic acids is 2. The maximum Gasteiger partial charge on any atom is 0.407 e. The van der Waals surface area contributed by atoms with Crippen molar-refractivity contribution in [3.63, 3.8) is 0 Å². The van der Waals surface area contributed by atoms with Crippen molar-refractivity contribution < 1.29 is 14.3 Å². The highest BCUT2D eigenvalue weighted by atomic mass is 16.5. The fourth-order valence-corrected chi connectivity index (χ4v) is 2.18. The van der Waals surface area contributed by atoms with Crippen LogP contribution in [0.25, 0.3) is 0 Å². The summed E-state index contributed by atoms with van der Waals surface area (Å²) >= 11 is 0. The van der Waals surface area contributed by atoms with Gasteiger partial charge in [0.05, 0.1) is 0 Å².